The minimum Gasteiger partial charge on any atom is -0.480 e. The Balaban J connectivity index is 1.44. The van der Waals surface area contributed by atoms with Crippen LogP contribution in [-0.2, 0) is 11.2 Å². The summed E-state index contributed by atoms with van der Waals surface area (Å²) in [6.07, 6.45) is 0.828. The zero-order chi connectivity index (χ0) is 18.5. The van der Waals surface area contributed by atoms with Crippen molar-refractivity contribution >= 4 is 32.9 Å². The Kier molecular flexibility index (Phi) is 5.88. The van der Waals surface area contributed by atoms with Crippen LogP contribution < -0.4 is 10.1 Å². The first-order valence-corrected chi connectivity index (χ1v) is 9.15. The van der Waals surface area contributed by atoms with Crippen molar-refractivity contribution in [3.8, 4) is 5.75 Å². The van der Waals surface area contributed by atoms with Gasteiger partial charge in [0, 0.05) is 13.0 Å². The highest BCUT2D eigenvalue weighted by Crippen LogP contribution is 2.26. The average molecular weight is 420 g/mol. The third-order valence-corrected chi connectivity index (χ3v) is 4.51. The van der Waals surface area contributed by atoms with E-state index in [-0.39, 0.29) is 11.7 Å². The van der Waals surface area contributed by atoms with Gasteiger partial charge in [-0.2, -0.15) is 0 Å². The second kappa shape index (κ2) is 8.31. The minimum absolute atomic E-state index is 0.217. The normalized spacial score (nSPS) is 12.1. The summed E-state index contributed by atoms with van der Waals surface area (Å²) in [6, 6.07) is 11.9. The second-order valence-corrected chi connectivity index (χ2v) is 6.78. The molecule has 0 bridgehead atoms. The molecular formula is C19H19BrFN3O2. The van der Waals surface area contributed by atoms with Gasteiger partial charge in [0.05, 0.1) is 15.5 Å². The molecular weight excluding hydrogens is 401 g/mol. The molecule has 3 rings (SSSR count). The number of aromatic nitrogens is 2. The molecule has 0 aliphatic carbocycles. The fourth-order valence-corrected chi connectivity index (χ4v) is 2.99. The van der Waals surface area contributed by atoms with Crippen LogP contribution in [0.3, 0.4) is 0 Å². The number of hydrogen-bond donors (Lipinski definition) is 2. The molecule has 3 aromatic rings. The molecule has 2 aromatic carbocycles. The number of amides is 1. The Morgan fingerprint density at radius 3 is 2.92 bits per heavy atom. The number of H-pyrrole nitrogens is 1. The summed E-state index contributed by atoms with van der Waals surface area (Å²) in [4.78, 5) is 19.9. The first-order chi connectivity index (χ1) is 12.5. The molecule has 1 aromatic heterocycles. The monoisotopic (exact) mass is 419 g/mol. The van der Waals surface area contributed by atoms with Gasteiger partial charge in [-0.3, -0.25) is 4.79 Å². The van der Waals surface area contributed by atoms with Crippen LogP contribution in [0.4, 0.5) is 4.39 Å². The third-order valence-electron chi connectivity index (χ3n) is 3.89. The maximum absolute atomic E-state index is 13.1. The molecule has 0 saturated heterocycles. The fourth-order valence-electron chi connectivity index (χ4n) is 2.55. The van der Waals surface area contributed by atoms with Crippen LogP contribution in [0.5, 0.6) is 5.75 Å². The van der Waals surface area contributed by atoms with Gasteiger partial charge in [-0.1, -0.05) is 12.1 Å². The predicted molar refractivity (Wildman–Crippen MR) is 102 cm³/mol. The molecule has 26 heavy (non-hydrogen) atoms. The average Bonchev–Trinajstić information content (AvgIpc) is 3.03. The van der Waals surface area contributed by atoms with Gasteiger partial charge in [0.25, 0.3) is 5.91 Å². The van der Waals surface area contributed by atoms with Crippen LogP contribution in [0.25, 0.3) is 11.0 Å². The third kappa shape index (κ3) is 4.60. The molecule has 136 valence electrons. The van der Waals surface area contributed by atoms with E-state index in [9.17, 15) is 9.18 Å². The first kappa shape index (κ1) is 18.4. The van der Waals surface area contributed by atoms with E-state index >= 15 is 0 Å². The maximum atomic E-state index is 13.1. The molecule has 1 amide bonds. The fraction of sp³-hybridized carbons (Fsp3) is 0.263. The van der Waals surface area contributed by atoms with E-state index in [4.69, 9.17) is 4.74 Å². The number of rotatable bonds is 7. The second-order valence-electron chi connectivity index (χ2n) is 5.93. The van der Waals surface area contributed by atoms with Crippen LogP contribution in [0, 0.1) is 5.82 Å². The quantitative estimate of drug-likeness (QED) is 0.569. The summed E-state index contributed by atoms with van der Waals surface area (Å²) in [5, 5.41) is 2.84. The standard InChI is InChI=1S/C19H19BrFN3O2/c1-12(26-17-9-8-13(21)11-14(17)20)19(25)22-10-4-7-18-23-15-5-2-3-6-16(15)24-18/h2-3,5-6,8-9,11-12H,4,7,10H2,1H3,(H,22,25)(H,23,24). The highest BCUT2D eigenvalue weighted by Gasteiger charge is 2.15. The summed E-state index contributed by atoms with van der Waals surface area (Å²) >= 11 is 3.22. The number of benzene rings is 2. The van der Waals surface area contributed by atoms with Crippen molar-refractivity contribution in [2.24, 2.45) is 0 Å². The van der Waals surface area contributed by atoms with Crippen molar-refractivity contribution in [3.05, 3.63) is 58.6 Å². The topological polar surface area (TPSA) is 67.0 Å². The lowest BCUT2D eigenvalue weighted by atomic mass is 10.3. The lowest BCUT2D eigenvalue weighted by Crippen LogP contribution is -2.37. The summed E-state index contributed by atoms with van der Waals surface area (Å²) in [5.41, 5.74) is 1.96. The number of nitrogens with one attached hydrogen (secondary N) is 2. The van der Waals surface area contributed by atoms with Crippen LogP contribution in [0.2, 0.25) is 0 Å². The Hall–Kier alpha value is -2.41. The number of carbonyl (C=O) groups excluding carboxylic acids is 1. The molecule has 0 spiro atoms. The van der Waals surface area contributed by atoms with Gasteiger partial charge in [-0.25, -0.2) is 9.37 Å². The van der Waals surface area contributed by atoms with Crippen molar-refractivity contribution in [2.45, 2.75) is 25.9 Å². The predicted octanol–water partition coefficient (Wildman–Crippen LogP) is 3.98. The van der Waals surface area contributed by atoms with Crippen LogP contribution in [0.15, 0.2) is 46.9 Å². The number of aromatic amines is 1. The Labute approximate surface area is 159 Å². The minimum atomic E-state index is -0.678. The van der Waals surface area contributed by atoms with Gasteiger partial charge in [-0.05, 0) is 59.6 Å². The van der Waals surface area contributed by atoms with E-state index in [0.29, 0.717) is 16.8 Å². The lowest BCUT2D eigenvalue weighted by molar-refractivity contribution is -0.127. The van der Waals surface area contributed by atoms with Gasteiger partial charge in [0.15, 0.2) is 6.10 Å². The lowest BCUT2D eigenvalue weighted by Gasteiger charge is -2.15. The molecule has 1 heterocycles. The smallest absolute Gasteiger partial charge is 0.260 e. The molecule has 0 fully saturated rings. The number of carbonyl (C=O) groups is 1. The number of hydrogen-bond acceptors (Lipinski definition) is 3. The van der Waals surface area contributed by atoms with E-state index in [1.807, 2.05) is 24.3 Å². The number of nitrogens with zero attached hydrogens (tertiary/aromatic N) is 1. The van der Waals surface area contributed by atoms with Crippen LogP contribution in [0.1, 0.15) is 19.2 Å². The zero-order valence-electron chi connectivity index (χ0n) is 14.3. The van der Waals surface area contributed by atoms with E-state index in [1.54, 1.807) is 6.92 Å². The molecule has 0 aliphatic heterocycles. The van der Waals surface area contributed by atoms with Gasteiger partial charge in [-0.15, -0.1) is 0 Å². The molecule has 2 N–H and O–H groups in total. The van der Waals surface area contributed by atoms with Crippen LogP contribution in [-0.4, -0.2) is 28.5 Å². The summed E-state index contributed by atoms with van der Waals surface area (Å²) in [5.74, 6) is 0.745. The molecule has 0 radical (unpaired) electrons. The van der Waals surface area contributed by atoms with Crippen molar-refractivity contribution < 1.29 is 13.9 Å². The number of halogens is 2. The number of ether oxygens (including phenoxy) is 1. The van der Waals surface area contributed by atoms with Crippen molar-refractivity contribution in [1.82, 2.24) is 15.3 Å². The number of imidazole rings is 1. The van der Waals surface area contributed by atoms with Crippen molar-refractivity contribution in [3.63, 3.8) is 0 Å². The maximum Gasteiger partial charge on any atom is 0.260 e. The Morgan fingerprint density at radius 1 is 1.35 bits per heavy atom. The van der Waals surface area contributed by atoms with Gasteiger partial charge >= 0.3 is 0 Å². The van der Waals surface area contributed by atoms with Gasteiger partial charge < -0.3 is 15.0 Å². The zero-order valence-corrected chi connectivity index (χ0v) is 15.8. The largest absolute Gasteiger partial charge is 0.480 e. The Morgan fingerprint density at radius 2 is 2.15 bits per heavy atom. The van der Waals surface area contributed by atoms with E-state index in [2.05, 4.69) is 31.2 Å². The summed E-state index contributed by atoms with van der Waals surface area (Å²) in [6.45, 7) is 2.18. The van der Waals surface area contributed by atoms with Gasteiger partial charge in [0.1, 0.15) is 17.4 Å². The number of para-hydroxylation sites is 2. The summed E-state index contributed by atoms with van der Waals surface area (Å²) in [7, 11) is 0. The molecule has 0 aliphatic rings. The van der Waals surface area contributed by atoms with E-state index in [0.717, 1.165) is 29.7 Å². The Bertz CT molecular complexity index is 880. The molecule has 1 unspecified atom stereocenters. The number of fused-ring (bicyclic) bond motifs is 1. The van der Waals surface area contributed by atoms with Gasteiger partial charge in [0.2, 0.25) is 0 Å². The highest BCUT2D eigenvalue weighted by molar-refractivity contribution is 9.10. The van der Waals surface area contributed by atoms with E-state index < -0.39 is 6.10 Å². The SMILES string of the molecule is CC(Oc1ccc(F)cc1Br)C(=O)NCCCc1nc2ccccc2[nH]1. The number of aryl methyl sites for hydroxylation is 1. The molecule has 5 nitrogen and oxygen atoms in total. The molecule has 0 saturated carbocycles. The summed E-state index contributed by atoms with van der Waals surface area (Å²) < 4.78 is 19.1. The molecule has 1 atom stereocenters. The van der Waals surface area contributed by atoms with Crippen LogP contribution >= 0.6 is 15.9 Å². The van der Waals surface area contributed by atoms with Crippen molar-refractivity contribution in [1.29, 1.82) is 0 Å². The first-order valence-electron chi connectivity index (χ1n) is 8.36. The highest BCUT2D eigenvalue weighted by atomic mass is 79.9. The molecule has 7 heteroatoms. The van der Waals surface area contributed by atoms with Crippen molar-refractivity contribution in [2.75, 3.05) is 6.54 Å². The van der Waals surface area contributed by atoms with E-state index in [1.165, 1.54) is 18.2 Å².